The van der Waals surface area contributed by atoms with Gasteiger partial charge in [0.2, 0.25) is 5.95 Å². The van der Waals surface area contributed by atoms with Crippen LogP contribution < -0.4 is 16.0 Å². The average molecular weight is 558 g/mol. The number of aromatic nitrogens is 6. The first-order valence-corrected chi connectivity index (χ1v) is 12.4. The van der Waals surface area contributed by atoms with Crippen LogP contribution in [0.5, 0.6) is 0 Å². The zero-order chi connectivity index (χ0) is 27.5. The number of amides is 1. The molecular formula is C25H23ClF3N9O. The van der Waals surface area contributed by atoms with E-state index in [9.17, 15) is 18.0 Å². The number of carbonyl (C=O) groups is 1. The summed E-state index contributed by atoms with van der Waals surface area (Å²) in [7, 11) is 0. The summed E-state index contributed by atoms with van der Waals surface area (Å²) in [5.41, 5.74) is 5.43. The molecule has 4 aromatic rings. The van der Waals surface area contributed by atoms with Crippen LogP contribution in [-0.4, -0.2) is 54.8 Å². The van der Waals surface area contributed by atoms with Gasteiger partial charge in [-0.2, -0.15) is 5.10 Å². The van der Waals surface area contributed by atoms with E-state index in [4.69, 9.17) is 17.3 Å². The van der Waals surface area contributed by atoms with Crippen LogP contribution in [0, 0.1) is 5.82 Å². The molecule has 1 unspecified atom stereocenters. The summed E-state index contributed by atoms with van der Waals surface area (Å²) in [6.45, 7) is 1.78. The molecule has 4 heterocycles. The molecule has 1 aromatic carbocycles. The predicted octanol–water partition coefficient (Wildman–Crippen LogP) is 4.09. The Hall–Kier alpha value is -4.10. The summed E-state index contributed by atoms with van der Waals surface area (Å²) >= 11 is 5.79. The number of nitrogens with one attached hydrogen (secondary N) is 1. The van der Waals surface area contributed by atoms with Gasteiger partial charge in [0.15, 0.2) is 5.82 Å². The molecule has 1 saturated heterocycles. The summed E-state index contributed by atoms with van der Waals surface area (Å²) in [4.78, 5) is 31.8. The van der Waals surface area contributed by atoms with Crippen molar-refractivity contribution in [1.82, 2.24) is 29.7 Å². The lowest BCUT2D eigenvalue weighted by atomic mass is 10.0. The third kappa shape index (κ3) is 5.68. The highest BCUT2D eigenvalue weighted by Crippen LogP contribution is 2.35. The molecule has 0 aliphatic carbocycles. The van der Waals surface area contributed by atoms with Crippen LogP contribution >= 0.6 is 11.6 Å². The molecule has 1 aliphatic heterocycles. The standard InChI is InChI=1S/C25H23ClF3N9O/c26-18-4-3-17(23(28)29)21(22(18)27)19-10-31-11-20(36-19)24(39)35-15-9-34-37(13-15)12-14-7-32-25(33-8-14)38-5-1-2-16(38)6-30/h3-4,7-11,13,16,23H,1-2,5-6,12,30H2,(H,35,39). The molecule has 1 atom stereocenters. The molecule has 1 amide bonds. The molecule has 0 radical (unpaired) electrons. The normalized spacial score (nSPS) is 15.2. The maximum Gasteiger partial charge on any atom is 0.275 e. The SMILES string of the molecule is NCC1CCCN1c1ncc(Cn2cc(NC(=O)c3cncc(-c4c(C(F)F)ccc(Cl)c4F)n3)cn2)cn1. The van der Waals surface area contributed by atoms with Gasteiger partial charge in [0.05, 0.1) is 41.5 Å². The van der Waals surface area contributed by atoms with Gasteiger partial charge in [-0.15, -0.1) is 0 Å². The summed E-state index contributed by atoms with van der Waals surface area (Å²) in [5, 5.41) is 6.51. The van der Waals surface area contributed by atoms with E-state index in [1.807, 2.05) is 0 Å². The zero-order valence-corrected chi connectivity index (χ0v) is 21.2. The summed E-state index contributed by atoms with van der Waals surface area (Å²) in [6.07, 6.45) is 7.79. The molecule has 202 valence electrons. The minimum atomic E-state index is -2.98. The van der Waals surface area contributed by atoms with Gasteiger partial charge < -0.3 is 16.0 Å². The lowest BCUT2D eigenvalue weighted by Gasteiger charge is -2.23. The van der Waals surface area contributed by atoms with Crippen LogP contribution in [-0.2, 0) is 6.54 Å². The number of nitrogens with zero attached hydrogens (tertiary/aromatic N) is 7. The fraction of sp³-hybridized carbons (Fsp3) is 0.280. The van der Waals surface area contributed by atoms with Gasteiger partial charge in [0.25, 0.3) is 12.3 Å². The highest BCUT2D eigenvalue weighted by Gasteiger charge is 2.25. The Morgan fingerprint density at radius 1 is 1.18 bits per heavy atom. The molecule has 1 aliphatic rings. The molecule has 14 heteroatoms. The molecule has 1 fully saturated rings. The average Bonchev–Trinajstić information content (AvgIpc) is 3.60. The molecule has 0 bridgehead atoms. The summed E-state index contributed by atoms with van der Waals surface area (Å²) in [6, 6.07) is 2.29. The minimum absolute atomic E-state index is 0.207. The van der Waals surface area contributed by atoms with Crippen molar-refractivity contribution in [2.75, 3.05) is 23.3 Å². The second-order valence-electron chi connectivity index (χ2n) is 8.91. The van der Waals surface area contributed by atoms with Gasteiger partial charge in [0, 0.05) is 54.4 Å². The van der Waals surface area contributed by atoms with Crippen molar-refractivity contribution in [2.24, 2.45) is 5.73 Å². The van der Waals surface area contributed by atoms with Gasteiger partial charge in [-0.05, 0) is 18.9 Å². The van der Waals surface area contributed by atoms with E-state index in [0.29, 0.717) is 24.7 Å². The third-order valence-corrected chi connectivity index (χ3v) is 6.61. The van der Waals surface area contributed by atoms with Gasteiger partial charge >= 0.3 is 0 Å². The van der Waals surface area contributed by atoms with Crippen molar-refractivity contribution in [3.05, 3.63) is 77.0 Å². The quantitative estimate of drug-likeness (QED) is 0.332. The number of hydrogen-bond donors (Lipinski definition) is 2. The Bertz CT molecular complexity index is 1480. The van der Waals surface area contributed by atoms with Gasteiger partial charge in [0.1, 0.15) is 5.69 Å². The largest absolute Gasteiger partial charge is 0.337 e. The highest BCUT2D eigenvalue weighted by atomic mass is 35.5. The number of alkyl halides is 2. The van der Waals surface area contributed by atoms with E-state index < -0.39 is 29.3 Å². The smallest absolute Gasteiger partial charge is 0.275 e. The number of anilines is 2. The monoisotopic (exact) mass is 557 g/mol. The van der Waals surface area contributed by atoms with E-state index in [-0.39, 0.29) is 22.5 Å². The van der Waals surface area contributed by atoms with Crippen LogP contribution in [0.4, 0.5) is 24.8 Å². The predicted molar refractivity (Wildman–Crippen MR) is 138 cm³/mol. The Labute approximate surface area is 226 Å². The van der Waals surface area contributed by atoms with Crippen molar-refractivity contribution in [2.45, 2.75) is 31.9 Å². The van der Waals surface area contributed by atoms with E-state index in [2.05, 4.69) is 35.3 Å². The molecule has 10 nitrogen and oxygen atoms in total. The van der Waals surface area contributed by atoms with Crippen molar-refractivity contribution in [3.63, 3.8) is 0 Å². The third-order valence-electron chi connectivity index (χ3n) is 6.32. The van der Waals surface area contributed by atoms with E-state index in [0.717, 1.165) is 49.5 Å². The molecular weight excluding hydrogens is 535 g/mol. The van der Waals surface area contributed by atoms with Crippen LogP contribution in [0.2, 0.25) is 5.02 Å². The number of nitrogens with two attached hydrogens (primary N) is 1. The van der Waals surface area contributed by atoms with Gasteiger partial charge in [-0.1, -0.05) is 17.7 Å². The first-order chi connectivity index (χ1) is 18.8. The maximum atomic E-state index is 14.6. The van der Waals surface area contributed by atoms with E-state index >= 15 is 0 Å². The second-order valence-corrected chi connectivity index (χ2v) is 9.32. The Kier molecular flexibility index (Phi) is 7.70. The lowest BCUT2D eigenvalue weighted by Crippen LogP contribution is -2.36. The van der Waals surface area contributed by atoms with Crippen molar-refractivity contribution < 1.29 is 18.0 Å². The second kappa shape index (κ2) is 11.3. The fourth-order valence-electron chi connectivity index (χ4n) is 4.42. The van der Waals surface area contributed by atoms with E-state index in [1.165, 1.54) is 6.20 Å². The van der Waals surface area contributed by atoms with Gasteiger partial charge in [-0.3, -0.25) is 14.5 Å². The topological polar surface area (TPSA) is 128 Å². The minimum Gasteiger partial charge on any atom is -0.337 e. The fourth-order valence-corrected chi connectivity index (χ4v) is 4.58. The van der Waals surface area contributed by atoms with Crippen LogP contribution in [0.3, 0.4) is 0 Å². The number of halogens is 4. The lowest BCUT2D eigenvalue weighted by molar-refractivity contribution is 0.102. The van der Waals surface area contributed by atoms with Crippen LogP contribution in [0.25, 0.3) is 11.3 Å². The zero-order valence-electron chi connectivity index (χ0n) is 20.4. The molecule has 3 N–H and O–H groups in total. The summed E-state index contributed by atoms with van der Waals surface area (Å²) in [5.74, 6) is -1.11. The Morgan fingerprint density at radius 3 is 2.72 bits per heavy atom. The number of benzene rings is 1. The van der Waals surface area contributed by atoms with Crippen molar-refractivity contribution in [3.8, 4) is 11.3 Å². The van der Waals surface area contributed by atoms with E-state index in [1.54, 1.807) is 23.3 Å². The van der Waals surface area contributed by atoms with Crippen LogP contribution in [0.15, 0.2) is 49.3 Å². The van der Waals surface area contributed by atoms with Gasteiger partial charge in [-0.25, -0.2) is 28.1 Å². The molecule has 39 heavy (non-hydrogen) atoms. The first kappa shape index (κ1) is 26.5. The Morgan fingerprint density at radius 2 is 1.97 bits per heavy atom. The molecule has 0 saturated carbocycles. The number of carbonyl (C=O) groups excluding carboxylic acids is 1. The van der Waals surface area contributed by atoms with Crippen molar-refractivity contribution in [1.29, 1.82) is 0 Å². The molecule has 3 aromatic heterocycles. The molecule has 5 rings (SSSR count). The maximum absolute atomic E-state index is 14.6. The number of hydrogen-bond acceptors (Lipinski definition) is 8. The summed E-state index contributed by atoms with van der Waals surface area (Å²) < 4.78 is 43.2. The molecule has 0 spiro atoms. The number of rotatable bonds is 8. The highest BCUT2D eigenvalue weighted by molar-refractivity contribution is 6.31. The van der Waals surface area contributed by atoms with Crippen LogP contribution in [0.1, 0.15) is 40.9 Å². The Balaban J connectivity index is 1.27. The first-order valence-electron chi connectivity index (χ1n) is 12.0. The van der Waals surface area contributed by atoms with Crippen molar-refractivity contribution >= 4 is 29.1 Å².